The van der Waals surface area contributed by atoms with Crippen LogP contribution in [0.5, 0.6) is 0 Å². The van der Waals surface area contributed by atoms with Gasteiger partial charge >= 0.3 is 151 Å². The first kappa shape index (κ1) is 20.4. The summed E-state index contributed by atoms with van der Waals surface area (Å²) in [5.41, 5.74) is 1.59. The molecular weight excluding hydrogens is 402 g/mol. The third kappa shape index (κ3) is 4.05. The Morgan fingerprint density at radius 2 is 1.50 bits per heavy atom. The molecule has 0 fully saturated rings. The van der Waals surface area contributed by atoms with E-state index in [0.29, 0.717) is 5.66 Å². The van der Waals surface area contributed by atoms with Crippen LogP contribution in [0.2, 0.25) is 0 Å². The van der Waals surface area contributed by atoms with Crippen molar-refractivity contribution in [2.45, 2.75) is 59.7 Å². The van der Waals surface area contributed by atoms with Crippen LogP contribution < -0.4 is 0 Å². The minimum absolute atomic E-state index is 0.103. The summed E-state index contributed by atoms with van der Waals surface area (Å²) >= 11 is 2.78. The fraction of sp³-hybridized carbons (Fsp3) is 0.684. The van der Waals surface area contributed by atoms with Gasteiger partial charge in [-0.05, 0) is 0 Å². The predicted octanol–water partition coefficient (Wildman–Crippen LogP) is 5.97. The predicted molar refractivity (Wildman–Crippen MR) is 112 cm³/mol. The van der Waals surface area contributed by atoms with Crippen molar-refractivity contribution in [2.24, 2.45) is 5.41 Å². The van der Waals surface area contributed by atoms with Gasteiger partial charge in [-0.2, -0.15) is 0 Å². The summed E-state index contributed by atoms with van der Waals surface area (Å²) in [5, 5.41) is 11.2. The molecule has 22 heavy (non-hydrogen) atoms. The normalized spacial score (nSPS) is 17.5. The van der Waals surface area contributed by atoms with Gasteiger partial charge in [-0.25, -0.2) is 0 Å². The van der Waals surface area contributed by atoms with Crippen LogP contribution >= 0.6 is 26.3 Å². The second-order valence-corrected chi connectivity index (χ2v) is 21.3. The molecule has 1 N–H and O–H groups in total. The van der Waals surface area contributed by atoms with E-state index in [0.717, 1.165) is 6.42 Å². The third-order valence-electron chi connectivity index (χ3n) is 6.03. The van der Waals surface area contributed by atoms with Gasteiger partial charge < -0.3 is 0 Å². The molecule has 0 aliphatic rings. The van der Waals surface area contributed by atoms with Crippen LogP contribution in [-0.2, 0) is 6.42 Å². The van der Waals surface area contributed by atoms with Crippen LogP contribution in [0, 0.1) is 5.41 Å². The molecule has 0 amide bonds. The van der Waals surface area contributed by atoms with Gasteiger partial charge in [0.25, 0.3) is 0 Å². The summed E-state index contributed by atoms with van der Waals surface area (Å²) in [4.78, 5) is 0. The molecule has 3 heteroatoms. The van der Waals surface area contributed by atoms with E-state index < -0.39 is 4.25 Å². The summed E-state index contributed by atoms with van der Waals surface area (Å²) < 4.78 is -1.88. The van der Waals surface area contributed by atoms with E-state index in [-0.39, 0.29) is 11.5 Å². The van der Waals surface area contributed by atoms with Gasteiger partial charge in [0, 0.05) is 0 Å². The van der Waals surface area contributed by atoms with Crippen LogP contribution in [0.4, 0.5) is 0 Å². The van der Waals surface area contributed by atoms with Crippen molar-refractivity contribution < 1.29 is 5.11 Å². The summed E-state index contributed by atoms with van der Waals surface area (Å²) in [6.45, 7) is 13.7. The Labute approximate surface area is 150 Å². The van der Waals surface area contributed by atoms with E-state index in [2.05, 4.69) is 93.9 Å². The molecule has 0 aromatic heterocycles. The van der Waals surface area contributed by atoms with Gasteiger partial charge in [-0.3, -0.25) is 0 Å². The maximum absolute atomic E-state index is 11.2. The first-order valence-electron chi connectivity index (χ1n) is 8.57. The van der Waals surface area contributed by atoms with E-state index in [1.165, 1.54) is 24.0 Å². The fourth-order valence-corrected chi connectivity index (χ4v) is 8.86. The number of hydrogen-bond donors (Lipinski definition) is 1. The van der Waals surface area contributed by atoms with E-state index in [1.54, 1.807) is 0 Å². The fourth-order valence-electron chi connectivity index (χ4n) is 3.77. The van der Waals surface area contributed by atoms with E-state index in [1.807, 2.05) is 0 Å². The Morgan fingerprint density at radius 3 is 1.91 bits per heavy atom. The topological polar surface area (TPSA) is 20.2 Å². The molecule has 0 bridgehead atoms. The molecule has 1 aromatic rings. The molecule has 1 rings (SSSR count). The van der Waals surface area contributed by atoms with Crippen molar-refractivity contribution in [3.05, 3.63) is 35.9 Å². The SMILES string of the molecule is CCP(I)(CC)(CC)[C@@H](C)[C@@H](O)C(C)(C)Cc1ccccc1. The summed E-state index contributed by atoms with van der Waals surface area (Å²) in [6.07, 6.45) is 4.33. The van der Waals surface area contributed by atoms with Crippen molar-refractivity contribution in [1.82, 2.24) is 0 Å². The molecule has 0 unspecified atom stereocenters. The zero-order valence-corrected chi connectivity index (χ0v) is 18.2. The summed E-state index contributed by atoms with van der Waals surface area (Å²) in [7, 11) is 0. The van der Waals surface area contributed by atoms with Gasteiger partial charge in [0.1, 0.15) is 0 Å². The van der Waals surface area contributed by atoms with Crippen LogP contribution in [0.15, 0.2) is 30.3 Å². The Balaban J connectivity index is 3.04. The standard InChI is InChI=1S/C19H34IOP/c1-7-22(20,8-2,9-3)16(4)18(21)19(5,6)15-17-13-11-10-12-14-17/h10-14,16,18,21H,7-9,15H2,1-6H3/t16-,18+/m0/s1. The van der Waals surface area contributed by atoms with Crippen LogP contribution in [0.3, 0.4) is 0 Å². The van der Waals surface area contributed by atoms with Crippen molar-refractivity contribution in [3.63, 3.8) is 0 Å². The van der Waals surface area contributed by atoms with Crippen molar-refractivity contribution in [2.75, 3.05) is 18.5 Å². The van der Waals surface area contributed by atoms with Crippen molar-refractivity contribution >= 4 is 26.3 Å². The second-order valence-electron chi connectivity index (χ2n) is 7.46. The molecule has 1 nitrogen and oxygen atoms in total. The molecule has 0 heterocycles. The molecule has 2 atom stereocenters. The van der Waals surface area contributed by atoms with Gasteiger partial charge in [0.05, 0.1) is 0 Å². The number of halogens is 1. The second kappa shape index (κ2) is 7.49. The monoisotopic (exact) mass is 436 g/mol. The molecule has 0 aliphatic heterocycles. The quantitative estimate of drug-likeness (QED) is 0.393. The maximum atomic E-state index is 11.2. The minimum atomic E-state index is -1.88. The summed E-state index contributed by atoms with van der Waals surface area (Å²) in [5.74, 6) is 0. The molecule has 0 aliphatic carbocycles. The average Bonchev–Trinajstić information content (AvgIpc) is 2.53. The van der Waals surface area contributed by atoms with Gasteiger partial charge in [0.15, 0.2) is 0 Å². The van der Waals surface area contributed by atoms with Crippen molar-refractivity contribution in [1.29, 1.82) is 0 Å². The zero-order valence-electron chi connectivity index (χ0n) is 15.1. The molecule has 128 valence electrons. The van der Waals surface area contributed by atoms with Gasteiger partial charge in [-0.1, -0.05) is 0 Å². The molecule has 1 aromatic carbocycles. The number of aliphatic hydroxyl groups is 1. The molecule has 0 saturated heterocycles. The Hall–Kier alpha value is 0.340. The van der Waals surface area contributed by atoms with E-state index in [4.69, 9.17) is 0 Å². The Kier molecular flexibility index (Phi) is 6.94. The zero-order chi connectivity index (χ0) is 17.0. The van der Waals surface area contributed by atoms with E-state index in [9.17, 15) is 5.11 Å². The van der Waals surface area contributed by atoms with Crippen molar-refractivity contribution in [3.8, 4) is 0 Å². The average molecular weight is 436 g/mol. The number of rotatable bonds is 8. The summed E-state index contributed by atoms with van der Waals surface area (Å²) in [6, 6.07) is 10.6. The van der Waals surface area contributed by atoms with Gasteiger partial charge in [0.2, 0.25) is 0 Å². The molecule has 0 saturated carbocycles. The number of benzene rings is 1. The Bertz CT molecular complexity index is 457. The van der Waals surface area contributed by atoms with Crippen LogP contribution in [0.25, 0.3) is 0 Å². The van der Waals surface area contributed by atoms with Crippen LogP contribution in [-0.4, -0.2) is 35.4 Å². The molecular formula is C19H34IOP. The van der Waals surface area contributed by atoms with Crippen LogP contribution in [0.1, 0.15) is 47.1 Å². The third-order valence-corrected chi connectivity index (χ3v) is 21.6. The number of aliphatic hydroxyl groups excluding tert-OH is 1. The number of hydrogen-bond acceptors (Lipinski definition) is 1. The van der Waals surface area contributed by atoms with Gasteiger partial charge in [-0.15, -0.1) is 0 Å². The van der Waals surface area contributed by atoms with E-state index >= 15 is 0 Å². The first-order valence-corrected chi connectivity index (χ1v) is 14.2. The Morgan fingerprint density at radius 1 is 1.05 bits per heavy atom. The molecule has 0 spiro atoms. The molecule has 0 radical (unpaired) electrons. The first-order chi connectivity index (χ1) is 10.1.